The Balaban J connectivity index is 1.46. The molecule has 2 aromatic heterocycles. The van der Waals surface area contributed by atoms with Crippen LogP contribution in [0.25, 0.3) is 21.7 Å². The number of rotatable bonds is 5. The summed E-state index contributed by atoms with van der Waals surface area (Å²) < 4.78 is 45.6. The van der Waals surface area contributed by atoms with Gasteiger partial charge in [-0.25, -0.2) is 14.8 Å². The summed E-state index contributed by atoms with van der Waals surface area (Å²) in [6, 6.07) is 2.92. The summed E-state index contributed by atoms with van der Waals surface area (Å²) in [6.07, 6.45) is -0.387. The Morgan fingerprint density at radius 3 is 2.47 bits per heavy atom. The molecule has 3 aliphatic heterocycles. The van der Waals surface area contributed by atoms with Crippen LogP contribution in [0.5, 0.6) is 5.75 Å². The zero-order valence-corrected chi connectivity index (χ0v) is 21.4. The molecular formula is C24H28F2N4O5S. The predicted octanol–water partition coefficient (Wildman–Crippen LogP) is 4.89. The number of carbonyl (C=O) groups is 1. The molecule has 0 aliphatic carbocycles. The van der Waals surface area contributed by atoms with Crippen LogP contribution in [0.3, 0.4) is 0 Å². The molecule has 5 heterocycles. The molecule has 0 spiro atoms. The van der Waals surface area contributed by atoms with Crippen LogP contribution in [0.4, 0.5) is 18.7 Å². The van der Waals surface area contributed by atoms with E-state index in [0.29, 0.717) is 39.9 Å². The maximum atomic E-state index is 14.6. The number of amides is 1. The van der Waals surface area contributed by atoms with Gasteiger partial charge in [-0.15, -0.1) is 0 Å². The van der Waals surface area contributed by atoms with Gasteiger partial charge in [0.05, 0.1) is 28.5 Å². The van der Waals surface area contributed by atoms with Gasteiger partial charge in [-0.3, -0.25) is 4.90 Å². The van der Waals surface area contributed by atoms with E-state index in [1.165, 1.54) is 29.9 Å². The van der Waals surface area contributed by atoms with Gasteiger partial charge in [0.15, 0.2) is 10.7 Å². The highest BCUT2D eigenvalue weighted by molar-refractivity contribution is 7.22. The maximum absolute atomic E-state index is 14.6. The number of aliphatic hydroxyl groups is 1. The number of ether oxygens (including phenoxy) is 2. The first-order chi connectivity index (χ1) is 16.7. The van der Waals surface area contributed by atoms with E-state index in [1.54, 1.807) is 11.0 Å². The average Bonchev–Trinajstić information content (AvgIpc) is 3.42. The van der Waals surface area contributed by atoms with Gasteiger partial charge >= 0.3 is 12.2 Å². The number of carbonyl (C=O) groups excluding carboxylic acids is 1. The highest BCUT2D eigenvalue weighted by atomic mass is 32.1. The van der Waals surface area contributed by atoms with Gasteiger partial charge in [0.25, 0.3) is 0 Å². The molecule has 2 unspecified atom stereocenters. The number of hydrogen-bond donors (Lipinski definition) is 1. The number of thiazole rings is 1. The van der Waals surface area contributed by atoms with E-state index in [0.717, 1.165) is 20.3 Å². The summed E-state index contributed by atoms with van der Waals surface area (Å²) in [7, 11) is 0. The number of halogens is 2. The largest absolute Gasteiger partial charge is 0.444 e. The number of piperazine rings is 1. The molecule has 12 heteroatoms. The molecule has 6 rings (SSSR count). The van der Waals surface area contributed by atoms with Crippen LogP contribution in [0.2, 0.25) is 0 Å². The number of alkyl halides is 2. The summed E-state index contributed by atoms with van der Waals surface area (Å²) in [5, 5.41) is 10.5. The summed E-state index contributed by atoms with van der Waals surface area (Å²) in [4.78, 5) is 25.4. The molecule has 3 aliphatic rings. The smallest absolute Gasteiger partial charge is 0.426 e. The molecule has 1 N–H and O–H groups in total. The highest BCUT2D eigenvalue weighted by Crippen LogP contribution is 2.45. The van der Waals surface area contributed by atoms with E-state index in [2.05, 4.69) is 4.98 Å². The van der Waals surface area contributed by atoms with Crippen molar-refractivity contribution in [2.45, 2.75) is 70.4 Å². The van der Waals surface area contributed by atoms with E-state index >= 15 is 0 Å². The van der Waals surface area contributed by atoms with Crippen LogP contribution in [-0.4, -0.2) is 68.6 Å². The number of piperidine rings is 1. The third kappa shape index (κ3) is 4.36. The first kappa shape index (κ1) is 24.7. The normalized spacial score (nSPS) is 20.4. The first-order valence-electron chi connectivity index (χ1n) is 11.6. The van der Waals surface area contributed by atoms with Gasteiger partial charge in [-0.05, 0) is 53.2 Å². The number of aromatic nitrogens is 2. The first-order valence-corrected chi connectivity index (χ1v) is 12.4. The molecule has 1 amide bonds. The van der Waals surface area contributed by atoms with Crippen LogP contribution in [0.1, 0.15) is 41.0 Å². The van der Waals surface area contributed by atoms with Crippen LogP contribution in [-0.2, 0) is 4.74 Å². The van der Waals surface area contributed by atoms with Crippen LogP contribution < -0.4 is 9.64 Å². The molecule has 3 fully saturated rings. The minimum atomic E-state index is -3.84. The monoisotopic (exact) mass is 522 g/mol. The number of fused-ring (bicyclic) bond motifs is 3. The summed E-state index contributed by atoms with van der Waals surface area (Å²) in [5.41, 5.74) is -2.03. The summed E-state index contributed by atoms with van der Waals surface area (Å²) in [5.74, 6) is 0.198. The molecule has 3 aromatic rings. The SMILES string of the molecule is CC(C)(C)OC(=O)N1C2CC1CN(c1nc3c(-c4ncco4)ccc(OC(F)(F)C(C)(C)O)c3s1)C2. The van der Waals surface area contributed by atoms with Crippen molar-refractivity contribution in [1.29, 1.82) is 0 Å². The minimum Gasteiger partial charge on any atom is -0.444 e. The second-order valence-corrected chi connectivity index (χ2v) is 11.6. The van der Waals surface area contributed by atoms with E-state index < -0.39 is 17.3 Å². The molecule has 36 heavy (non-hydrogen) atoms. The quantitative estimate of drug-likeness (QED) is 0.506. The Labute approximate surface area is 210 Å². The lowest BCUT2D eigenvalue weighted by Crippen LogP contribution is -2.70. The van der Waals surface area contributed by atoms with Crippen LogP contribution >= 0.6 is 11.3 Å². The molecule has 2 bridgehead atoms. The average molecular weight is 523 g/mol. The fraction of sp³-hybridized carbons (Fsp3) is 0.542. The molecule has 194 valence electrons. The van der Waals surface area contributed by atoms with Crippen molar-refractivity contribution in [3.05, 3.63) is 24.6 Å². The van der Waals surface area contributed by atoms with Gasteiger partial charge in [0.2, 0.25) is 5.89 Å². The van der Waals surface area contributed by atoms with Crippen molar-refractivity contribution in [1.82, 2.24) is 14.9 Å². The van der Waals surface area contributed by atoms with Crippen molar-refractivity contribution in [3.8, 4) is 17.2 Å². The molecular weight excluding hydrogens is 494 g/mol. The van der Waals surface area contributed by atoms with Gasteiger partial charge < -0.3 is 23.9 Å². The maximum Gasteiger partial charge on any atom is 0.426 e. The van der Waals surface area contributed by atoms with Crippen LogP contribution in [0, 0.1) is 0 Å². The Morgan fingerprint density at radius 1 is 1.19 bits per heavy atom. The molecule has 1 aromatic carbocycles. The van der Waals surface area contributed by atoms with E-state index in [4.69, 9.17) is 18.9 Å². The molecule has 0 saturated carbocycles. The molecule has 3 saturated heterocycles. The van der Waals surface area contributed by atoms with Gasteiger partial charge in [-0.1, -0.05) is 11.3 Å². The third-order valence-corrected chi connectivity index (χ3v) is 7.31. The second-order valence-electron chi connectivity index (χ2n) is 10.6. The molecule has 9 nitrogen and oxygen atoms in total. The number of benzene rings is 1. The van der Waals surface area contributed by atoms with Gasteiger partial charge in [0.1, 0.15) is 23.1 Å². The van der Waals surface area contributed by atoms with Crippen molar-refractivity contribution in [2.24, 2.45) is 0 Å². The standard InChI is InChI=1S/C24H28F2N4O5S/c1-22(2,3)35-21(31)30-13-10-14(30)12-29(11-13)20-28-17-15(19-27-8-9-33-19)6-7-16(18(17)36-20)34-24(25,26)23(4,5)32/h6-9,13-14,32H,10-12H2,1-5H3. The van der Waals surface area contributed by atoms with Crippen molar-refractivity contribution in [2.75, 3.05) is 18.0 Å². The van der Waals surface area contributed by atoms with Gasteiger partial charge in [0, 0.05) is 13.1 Å². The minimum absolute atomic E-state index is 0.0212. The fourth-order valence-corrected chi connectivity index (χ4v) is 5.42. The van der Waals surface area contributed by atoms with Crippen molar-refractivity contribution in [3.63, 3.8) is 0 Å². The number of hydrogen-bond acceptors (Lipinski definition) is 9. The number of anilines is 1. The Hall–Kier alpha value is -2.99. The lowest BCUT2D eigenvalue weighted by Gasteiger charge is -2.55. The highest BCUT2D eigenvalue weighted by Gasteiger charge is 2.50. The van der Waals surface area contributed by atoms with Crippen LogP contribution in [0.15, 0.2) is 29.0 Å². The van der Waals surface area contributed by atoms with Crippen molar-refractivity contribution >= 4 is 32.8 Å². The Kier molecular flexibility index (Phi) is 5.67. The Morgan fingerprint density at radius 2 is 1.89 bits per heavy atom. The van der Waals surface area contributed by atoms with E-state index in [-0.39, 0.29) is 23.9 Å². The third-order valence-electron chi connectivity index (χ3n) is 6.18. The lowest BCUT2D eigenvalue weighted by molar-refractivity contribution is -0.275. The Bertz CT molecular complexity index is 1270. The molecule has 0 radical (unpaired) electrons. The number of nitrogens with zero attached hydrogens (tertiary/aromatic N) is 4. The van der Waals surface area contributed by atoms with E-state index in [1.807, 2.05) is 25.7 Å². The predicted molar refractivity (Wildman–Crippen MR) is 129 cm³/mol. The lowest BCUT2D eigenvalue weighted by atomic mass is 9.88. The topological polar surface area (TPSA) is 101 Å². The zero-order valence-electron chi connectivity index (χ0n) is 20.6. The number of oxazole rings is 1. The van der Waals surface area contributed by atoms with Crippen molar-refractivity contribution < 1.29 is 32.6 Å². The van der Waals surface area contributed by atoms with Gasteiger partial charge in [-0.2, -0.15) is 8.78 Å². The van der Waals surface area contributed by atoms with E-state index in [9.17, 15) is 18.7 Å². The second kappa shape index (κ2) is 8.27. The fourth-order valence-electron chi connectivity index (χ4n) is 4.36. The summed E-state index contributed by atoms with van der Waals surface area (Å²) >= 11 is 1.21. The summed E-state index contributed by atoms with van der Waals surface area (Å²) in [6.45, 7) is 8.56. The zero-order chi connectivity index (χ0) is 26.0. The molecule has 2 atom stereocenters.